The fraction of sp³-hybridized carbons (Fsp3) is 0.294. The molecule has 0 radical (unpaired) electrons. The van der Waals surface area contributed by atoms with E-state index in [4.69, 9.17) is 4.74 Å². The molecule has 1 aromatic carbocycles. The standard InChI is InChI=1S/C17H17FN2O2/c1-17(13-5-3-2-4-6-13)12-20(9-10-22-17)16(21)14-7-8-19-11-15(14)18/h2-8,11H,9-10,12H2,1H3/t17-/m1/s1. The first kappa shape index (κ1) is 14.7. The normalized spacial score (nSPS) is 21.6. The maximum Gasteiger partial charge on any atom is 0.257 e. The predicted octanol–water partition coefficient (Wildman–Crippen LogP) is 2.61. The van der Waals surface area contributed by atoms with Crippen LogP contribution in [-0.2, 0) is 10.3 Å². The number of aromatic nitrogens is 1. The number of carbonyl (C=O) groups is 1. The van der Waals surface area contributed by atoms with Crippen LogP contribution in [0.1, 0.15) is 22.8 Å². The number of morpholine rings is 1. The third kappa shape index (κ3) is 2.72. The highest BCUT2D eigenvalue weighted by Crippen LogP contribution is 2.30. The Morgan fingerprint density at radius 3 is 2.82 bits per heavy atom. The molecular weight excluding hydrogens is 283 g/mol. The summed E-state index contributed by atoms with van der Waals surface area (Å²) in [7, 11) is 0. The van der Waals surface area contributed by atoms with E-state index >= 15 is 0 Å². The van der Waals surface area contributed by atoms with Crippen molar-refractivity contribution in [3.63, 3.8) is 0 Å². The molecule has 0 unspecified atom stereocenters. The fourth-order valence-corrected chi connectivity index (χ4v) is 2.73. The number of benzene rings is 1. The lowest BCUT2D eigenvalue weighted by molar-refractivity contribution is -0.0931. The van der Waals surface area contributed by atoms with Gasteiger partial charge < -0.3 is 9.64 Å². The lowest BCUT2D eigenvalue weighted by Gasteiger charge is -2.40. The molecule has 22 heavy (non-hydrogen) atoms. The molecule has 1 amide bonds. The maximum absolute atomic E-state index is 13.8. The largest absolute Gasteiger partial charge is 0.367 e. The summed E-state index contributed by atoms with van der Waals surface area (Å²) < 4.78 is 19.7. The van der Waals surface area contributed by atoms with E-state index in [-0.39, 0.29) is 11.5 Å². The second kappa shape index (κ2) is 5.85. The molecule has 1 fully saturated rings. The number of pyridine rings is 1. The fourth-order valence-electron chi connectivity index (χ4n) is 2.73. The Bertz CT molecular complexity index is 677. The quantitative estimate of drug-likeness (QED) is 0.856. The van der Waals surface area contributed by atoms with Crippen molar-refractivity contribution in [1.82, 2.24) is 9.88 Å². The van der Waals surface area contributed by atoms with Gasteiger partial charge in [-0.3, -0.25) is 9.78 Å². The van der Waals surface area contributed by atoms with Crippen LogP contribution in [-0.4, -0.2) is 35.5 Å². The number of halogens is 1. The number of hydrogen-bond acceptors (Lipinski definition) is 3. The van der Waals surface area contributed by atoms with Crippen LogP contribution in [0, 0.1) is 5.82 Å². The van der Waals surface area contributed by atoms with Crippen LogP contribution >= 0.6 is 0 Å². The van der Waals surface area contributed by atoms with E-state index in [1.54, 1.807) is 4.90 Å². The third-order valence-electron chi connectivity index (χ3n) is 3.95. The van der Waals surface area contributed by atoms with Crippen LogP contribution < -0.4 is 0 Å². The Kier molecular flexibility index (Phi) is 3.90. The third-order valence-corrected chi connectivity index (χ3v) is 3.95. The average molecular weight is 300 g/mol. The molecule has 1 aliphatic heterocycles. The zero-order valence-corrected chi connectivity index (χ0v) is 12.3. The van der Waals surface area contributed by atoms with Gasteiger partial charge in [0.1, 0.15) is 5.60 Å². The van der Waals surface area contributed by atoms with E-state index in [1.165, 1.54) is 12.3 Å². The smallest absolute Gasteiger partial charge is 0.257 e. The highest BCUT2D eigenvalue weighted by atomic mass is 19.1. The highest BCUT2D eigenvalue weighted by molar-refractivity contribution is 5.94. The first-order valence-corrected chi connectivity index (χ1v) is 7.18. The van der Waals surface area contributed by atoms with E-state index in [0.29, 0.717) is 19.7 Å². The summed E-state index contributed by atoms with van der Waals surface area (Å²) in [5, 5.41) is 0. The lowest BCUT2D eigenvalue weighted by atomic mass is 9.93. The van der Waals surface area contributed by atoms with Gasteiger partial charge in [0.15, 0.2) is 5.82 Å². The van der Waals surface area contributed by atoms with E-state index in [9.17, 15) is 9.18 Å². The molecule has 2 heterocycles. The maximum atomic E-state index is 13.8. The van der Waals surface area contributed by atoms with Crippen LogP contribution in [0.15, 0.2) is 48.8 Å². The van der Waals surface area contributed by atoms with Crippen molar-refractivity contribution >= 4 is 5.91 Å². The molecule has 3 rings (SSSR count). The number of hydrogen-bond donors (Lipinski definition) is 0. The summed E-state index contributed by atoms with van der Waals surface area (Å²) in [6.07, 6.45) is 2.48. The second-order valence-electron chi connectivity index (χ2n) is 5.53. The first-order chi connectivity index (χ1) is 10.6. The van der Waals surface area contributed by atoms with E-state index < -0.39 is 11.4 Å². The van der Waals surface area contributed by atoms with Crippen molar-refractivity contribution in [1.29, 1.82) is 0 Å². The second-order valence-corrected chi connectivity index (χ2v) is 5.53. The van der Waals surface area contributed by atoms with Crippen molar-refractivity contribution < 1.29 is 13.9 Å². The summed E-state index contributed by atoms with van der Waals surface area (Å²) in [5.41, 5.74) is 0.466. The van der Waals surface area contributed by atoms with Gasteiger partial charge in [0, 0.05) is 12.7 Å². The monoisotopic (exact) mass is 300 g/mol. The van der Waals surface area contributed by atoms with Gasteiger partial charge in [0.2, 0.25) is 0 Å². The minimum absolute atomic E-state index is 0.0484. The Morgan fingerprint density at radius 2 is 2.09 bits per heavy atom. The van der Waals surface area contributed by atoms with Crippen LogP contribution in [0.2, 0.25) is 0 Å². The van der Waals surface area contributed by atoms with Crippen LogP contribution in [0.5, 0.6) is 0 Å². The molecule has 4 nitrogen and oxygen atoms in total. The van der Waals surface area contributed by atoms with E-state index in [0.717, 1.165) is 11.8 Å². The van der Waals surface area contributed by atoms with Crippen molar-refractivity contribution in [2.75, 3.05) is 19.7 Å². The summed E-state index contributed by atoms with van der Waals surface area (Å²) in [4.78, 5) is 17.9. The summed E-state index contributed by atoms with van der Waals surface area (Å²) >= 11 is 0. The molecule has 1 atom stereocenters. The van der Waals surface area contributed by atoms with Gasteiger partial charge in [-0.1, -0.05) is 30.3 Å². The van der Waals surface area contributed by atoms with Crippen molar-refractivity contribution in [3.8, 4) is 0 Å². The van der Waals surface area contributed by atoms with Crippen molar-refractivity contribution in [2.24, 2.45) is 0 Å². The van der Waals surface area contributed by atoms with Crippen LogP contribution in [0.25, 0.3) is 0 Å². The molecular formula is C17H17FN2O2. The Balaban J connectivity index is 1.85. The zero-order chi connectivity index (χ0) is 15.6. The molecule has 114 valence electrons. The van der Waals surface area contributed by atoms with Crippen molar-refractivity contribution in [2.45, 2.75) is 12.5 Å². The molecule has 1 aromatic heterocycles. The van der Waals surface area contributed by atoms with Crippen LogP contribution in [0.4, 0.5) is 4.39 Å². The molecule has 2 aromatic rings. The van der Waals surface area contributed by atoms with E-state index in [1.807, 2.05) is 37.3 Å². The Morgan fingerprint density at radius 1 is 1.32 bits per heavy atom. The van der Waals surface area contributed by atoms with Gasteiger partial charge in [-0.15, -0.1) is 0 Å². The SMILES string of the molecule is C[C@]1(c2ccccc2)CN(C(=O)c2ccncc2F)CCO1. The lowest BCUT2D eigenvalue weighted by Crippen LogP contribution is -2.50. The number of nitrogens with zero attached hydrogens (tertiary/aromatic N) is 2. The van der Waals surface area contributed by atoms with Gasteiger partial charge in [-0.05, 0) is 18.6 Å². The Labute approximate surface area is 128 Å². The molecule has 0 saturated carbocycles. The van der Waals surface area contributed by atoms with Gasteiger partial charge in [0.05, 0.1) is 24.9 Å². The highest BCUT2D eigenvalue weighted by Gasteiger charge is 2.36. The molecule has 1 aliphatic rings. The minimum atomic E-state index is -0.597. The minimum Gasteiger partial charge on any atom is -0.367 e. The van der Waals surface area contributed by atoms with Gasteiger partial charge >= 0.3 is 0 Å². The topological polar surface area (TPSA) is 42.4 Å². The number of amides is 1. The molecule has 1 saturated heterocycles. The van der Waals surface area contributed by atoms with Gasteiger partial charge in [-0.25, -0.2) is 4.39 Å². The number of ether oxygens (including phenoxy) is 1. The van der Waals surface area contributed by atoms with Gasteiger partial charge in [0.25, 0.3) is 5.91 Å². The summed E-state index contributed by atoms with van der Waals surface area (Å²) in [6, 6.07) is 11.2. The molecule has 0 spiro atoms. The zero-order valence-electron chi connectivity index (χ0n) is 12.3. The van der Waals surface area contributed by atoms with Crippen molar-refractivity contribution in [3.05, 3.63) is 65.7 Å². The first-order valence-electron chi connectivity index (χ1n) is 7.18. The summed E-state index contributed by atoms with van der Waals surface area (Å²) in [5.74, 6) is -0.925. The van der Waals surface area contributed by atoms with E-state index in [2.05, 4.69) is 4.98 Å². The molecule has 0 aliphatic carbocycles. The Hall–Kier alpha value is -2.27. The predicted molar refractivity (Wildman–Crippen MR) is 79.8 cm³/mol. The molecule has 0 N–H and O–H groups in total. The van der Waals surface area contributed by atoms with Gasteiger partial charge in [-0.2, -0.15) is 0 Å². The number of rotatable bonds is 2. The molecule has 5 heteroatoms. The summed E-state index contributed by atoms with van der Waals surface area (Å²) in [6.45, 7) is 3.20. The van der Waals surface area contributed by atoms with Crippen LogP contribution in [0.3, 0.4) is 0 Å². The molecule has 0 bridgehead atoms. The number of carbonyl (C=O) groups excluding carboxylic acids is 1. The average Bonchev–Trinajstić information content (AvgIpc) is 2.56.